The second kappa shape index (κ2) is 7.57. The molecule has 0 saturated carbocycles. The Bertz CT molecular complexity index is 807. The predicted molar refractivity (Wildman–Crippen MR) is 93.3 cm³/mol. The highest BCUT2D eigenvalue weighted by molar-refractivity contribution is 5.59. The molecule has 24 heavy (non-hydrogen) atoms. The zero-order chi connectivity index (χ0) is 16.8. The number of hydrogen-bond donors (Lipinski definition) is 1. The van der Waals surface area contributed by atoms with Gasteiger partial charge in [-0.1, -0.05) is 36.4 Å². The fraction of sp³-hybridized carbons (Fsp3) is 0.158. The first-order valence-corrected chi connectivity index (χ1v) is 7.72. The maximum absolute atomic E-state index is 5.89. The van der Waals surface area contributed by atoms with Gasteiger partial charge < -0.3 is 15.2 Å². The molecular formula is C19H19N3O2. The largest absolute Gasteiger partial charge is 0.493 e. The van der Waals surface area contributed by atoms with Crippen LogP contribution in [0.3, 0.4) is 0 Å². The SMILES string of the molecule is COc1cc(CCN)ccc1Oc1cc(-c2ccccc2)ncn1. The van der Waals surface area contributed by atoms with Crippen molar-refractivity contribution in [1.82, 2.24) is 9.97 Å². The second-order valence-electron chi connectivity index (χ2n) is 5.23. The van der Waals surface area contributed by atoms with Crippen LogP contribution in [0.4, 0.5) is 0 Å². The number of hydrogen-bond acceptors (Lipinski definition) is 5. The van der Waals surface area contributed by atoms with Crippen LogP contribution >= 0.6 is 0 Å². The molecule has 0 atom stereocenters. The van der Waals surface area contributed by atoms with E-state index in [9.17, 15) is 0 Å². The van der Waals surface area contributed by atoms with Crippen molar-refractivity contribution in [3.8, 4) is 28.6 Å². The third-order valence-electron chi connectivity index (χ3n) is 3.59. The molecule has 0 fully saturated rings. The molecule has 3 rings (SSSR count). The van der Waals surface area contributed by atoms with Crippen LogP contribution in [0.15, 0.2) is 60.9 Å². The lowest BCUT2D eigenvalue weighted by Crippen LogP contribution is -2.03. The van der Waals surface area contributed by atoms with Crippen molar-refractivity contribution in [2.24, 2.45) is 5.73 Å². The Labute approximate surface area is 141 Å². The standard InChI is InChI=1S/C19H19N3O2/c1-23-18-11-14(9-10-20)7-8-17(18)24-19-12-16(21-13-22-19)15-5-3-2-4-6-15/h2-8,11-13H,9-10,20H2,1H3. The third-order valence-corrected chi connectivity index (χ3v) is 3.59. The van der Waals surface area contributed by atoms with E-state index in [1.807, 2.05) is 54.6 Å². The van der Waals surface area contributed by atoms with Crippen molar-refractivity contribution in [3.05, 3.63) is 66.5 Å². The number of methoxy groups -OCH3 is 1. The Morgan fingerprint density at radius 2 is 1.79 bits per heavy atom. The lowest BCUT2D eigenvalue weighted by Gasteiger charge is -2.11. The number of ether oxygens (including phenoxy) is 2. The molecule has 0 spiro atoms. The lowest BCUT2D eigenvalue weighted by molar-refractivity contribution is 0.373. The first kappa shape index (κ1) is 16.0. The van der Waals surface area contributed by atoms with E-state index in [0.717, 1.165) is 23.2 Å². The van der Waals surface area contributed by atoms with E-state index >= 15 is 0 Å². The monoisotopic (exact) mass is 321 g/mol. The molecule has 122 valence electrons. The van der Waals surface area contributed by atoms with E-state index in [1.165, 1.54) is 6.33 Å². The molecule has 2 aromatic carbocycles. The van der Waals surface area contributed by atoms with Gasteiger partial charge >= 0.3 is 0 Å². The highest BCUT2D eigenvalue weighted by Gasteiger charge is 2.09. The minimum absolute atomic E-state index is 0.466. The van der Waals surface area contributed by atoms with Crippen LogP contribution < -0.4 is 15.2 Å². The summed E-state index contributed by atoms with van der Waals surface area (Å²) in [5, 5.41) is 0. The molecule has 3 aromatic rings. The predicted octanol–water partition coefficient (Wildman–Crippen LogP) is 3.45. The van der Waals surface area contributed by atoms with Crippen LogP contribution in [0, 0.1) is 0 Å². The second-order valence-corrected chi connectivity index (χ2v) is 5.23. The normalized spacial score (nSPS) is 10.4. The Morgan fingerprint density at radius 3 is 2.54 bits per heavy atom. The van der Waals surface area contributed by atoms with Crippen LogP contribution in [-0.4, -0.2) is 23.6 Å². The van der Waals surface area contributed by atoms with Crippen molar-refractivity contribution in [2.75, 3.05) is 13.7 Å². The van der Waals surface area contributed by atoms with Gasteiger partial charge in [0.1, 0.15) is 6.33 Å². The first-order valence-electron chi connectivity index (χ1n) is 7.72. The topological polar surface area (TPSA) is 70.3 Å². The summed E-state index contributed by atoms with van der Waals surface area (Å²) >= 11 is 0. The Kier molecular flexibility index (Phi) is 5.03. The Hall–Kier alpha value is -2.92. The summed E-state index contributed by atoms with van der Waals surface area (Å²) in [6.07, 6.45) is 2.29. The fourth-order valence-corrected chi connectivity index (χ4v) is 2.39. The van der Waals surface area contributed by atoms with Gasteiger partial charge in [0.05, 0.1) is 12.8 Å². The van der Waals surface area contributed by atoms with Crippen molar-refractivity contribution >= 4 is 0 Å². The number of nitrogens with zero attached hydrogens (tertiary/aromatic N) is 2. The van der Waals surface area contributed by atoms with Gasteiger partial charge in [0.2, 0.25) is 5.88 Å². The molecule has 0 aliphatic rings. The van der Waals surface area contributed by atoms with Gasteiger partial charge in [-0.05, 0) is 30.7 Å². The van der Waals surface area contributed by atoms with E-state index in [1.54, 1.807) is 7.11 Å². The molecule has 2 N–H and O–H groups in total. The molecule has 0 bridgehead atoms. The van der Waals surface area contributed by atoms with Gasteiger partial charge in [-0.3, -0.25) is 0 Å². The molecule has 5 nitrogen and oxygen atoms in total. The Morgan fingerprint density at radius 1 is 0.958 bits per heavy atom. The molecule has 0 saturated heterocycles. The zero-order valence-corrected chi connectivity index (χ0v) is 13.5. The van der Waals surface area contributed by atoms with Crippen LogP contribution in [0.1, 0.15) is 5.56 Å². The maximum Gasteiger partial charge on any atom is 0.223 e. The average Bonchev–Trinajstić information content (AvgIpc) is 2.64. The maximum atomic E-state index is 5.89. The minimum atomic E-state index is 0.466. The Balaban J connectivity index is 1.86. The number of rotatable bonds is 6. The van der Waals surface area contributed by atoms with Crippen LogP contribution in [-0.2, 0) is 6.42 Å². The van der Waals surface area contributed by atoms with Gasteiger partial charge in [0, 0.05) is 11.6 Å². The summed E-state index contributed by atoms with van der Waals surface area (Å²) in [7, 11) is 1.61. The number of nitrogens with two attached hydrogens (primary N) is 1. The van der Waals surface area contributed by atoms with Crippen molar-refractivity contribution in [1.29, 1.82) is 0 Å². The quantitative estimate of drug-likeness (QED) is 0.753. The molecule has 0 amide bonds. The van der Waals surface area contributed by atoms with Gasteiger partial charge in [-0.2, -0.15) is 0 Å². The number of aromatic nitrogens is 2. The lowest BCUT2D eigenvalue weighted by atomic mass is 10.1. The molecule has 5 heteroatoms. The van der Waals surface area contributed by atoms with E-state index in [4.69, 9.17) is 15.2 Å². The summed E-state index contributed by atoms with van der Waals surface area (Å²) in [6.45, 7) is 0.593. The molecule has 0 unspecified atom stereocenters. The highest BCUT2D eigenvalue weighted by Crippen LogP contribution is 2.32. The third kappa shape index (κ3) is 3.70. The van der Waals surface area contributed by atoms with Crippen molar-refractivity contribution in [2.45, 2.75) is 6.42 Å². The highest BCUT2D eigenvalue weighted by atomic mass is 16.5. The van der Waals surface area contributed by atoms with Crippen molar-refractivity contribution < 1.29 is 9.47 Å². The summed E-state index contributed by atoms with van der Waals surface area (Å²) in [5.41, 5.74) is 8.52. The van der Waals surface area contributed by atoms with E-state index in [2.05, 4.69) is 9.97 Å². The summed E-state index contributed by atoms with van der Waals surface area (Å²) < 4.78 is 11.3. The van der Waals surface area contributed by atoms with Crippen LogP contribution in [0.5, 0.6) is 17.4 Å². The molecule has 0 radical (unpaired) electrons. The van der Waals surface area contributed by atoms with E-state index in [-0.39, 0.29) is 0 Å². The van der Waals surface area contributed by atoms with Gasteiger partial charge in [-0.15, -0.1) is 0 Å². The average molecular weight is 321 g/mol. The van der Waals surface area contributed by atoms with Gasteiger partial charge in [-0.25, -0.2) is 9.97 Å². The smallest absolute Gasteiger partial charge is 0.223 e. The van der Waals surface area contributed by atoms with Crippen LogP contribution in [0.2, 0.25) is 0 Å². The molecular weight excluding hydrogens is 302 g/mol. The van der Waals surface area contributed by atoms with E-state index < -0.39 is 0 Å². The summed E-state index contributed by atoms with van der Waals surface area (Å²) in [4.78, 5) is 8.48. The molecule has 1 heterocycles. The molecule has 0 aliphatic carbocycles. The fourth-order valence-electron chi connectivity index (χ4n) is 2.39. The zero-order valence-electron chi connectivity index (χ0n) is 13.5. The first-order chi connectivity index (χ1) is 11.8. The summed E-state index contributed by atoms with van der Waals surface area (Å²) in [5.74, 6) is 1.73. The number of benzene rings is 2. The van der Waals surface area contributed by atoms with Crippen LogP contribution in [0.25, 0.3) is 11.3 Å². The van der Waals surface area contributed by atoms with Crippen molar-refractivity contribution in [3.63, 3.8) is 0 Å². The minimum Gasteiger partial charge on any atom is -0.493 e. The molecule has 1 aromatic heterocycles. The van der Waals surface area contributed by atoms with Gasteiger partial charge in [0.15, 0.2) is 11.5 Å². The van der Waals surface area contributed by atoms with Gasteiger partial charge in [0.25, 0.3) is 0 Å². The summed E-state index contributed by atoms with van der Waals surface area (Å²) in [6, 6.07) is 17.5. The van der Waals surface area contributed by atoms with E-state index in [0.29, 0.717) is 23.9 Å². The molecule has 0 aliphatic heterocycles.